The number of Topliss-reactive ketones (excluding diaryl/α,β-unsaturated/α-hetero) is 1. The van der Waals surface area contributed by atoms with Gasteiger partial charge in [0.15, 0.2) is 5.76 Å². The van der Waals surface area contributed by atoms with Crippen LogP contribution in [0.15, 0.2) is 48.2 Å². The highest BCUT2D eigenvalue weighted by Gasteiger charge is 2.27. The molecular formula is C15H11NO3. The van der Waals surface area contributed by atoms with E-state index in [-0.39, 0.29) is 17.3 Å². The number of nitrogen functional groups attached to an aromatic ring is 1. The topological polar surface area (TPSA) is 72.6 Å². The van der Waals surface area contributed by atoms with Gasteiger partial charge in [0, 0.05) is 17.3 Å². The summed E-state index contributed by atoms with van der Waals surface area (Å²) in [6, 6.07) is 11.6. The number of ketones is 1. The summed E-state index contributed by atoms with van der Waals surface area (Å²) in [6.45, 7) is 0. The summed E-state index contributed by atoms with van der Waals surface area (Å²) in [5.74, 6) is 0.425. The van der Waals surface area contributed by atoms with Gasteiger partial charge in [-0.15, -0.1) is 0 Å². The molecule has 0 amide bonds. The van der Waals surface area contributed by atoms with Crippen molar-refractivity contribution in [1.82, 2.24) is 0 Å². The standard InChI is InChI=1S/C15H11NO3/c16-12-4-2-1-3-9(12)7-14-15(18)11-6-5-10(17)8-13(11)19-14/h1-8,17H,16H2. The zero-order chi connectivity index (χ0) is 13.4. The molecule has 0 saturated carbocycles. The molecule has 0 aromatic heterocycles. The van der Waals surface area contributed by atoms with Gasteiger partial charge in [-0.3, -0.25) is 4.79 Å². The fourth-order valence-electron chi connectivity index (χ4n) is 1.96. The van der Waals surface area contributed by atoms with Crippen LogP contribution < -0.4 is 10.5 Å². The lowest BCUT2D eigenvalue weighted by Crippen LogP contribution is -1.99. The van der Waals surface area contributed by atoms with Gasteiger partial charge in [-0.25, -0.2) is 0 Å². The van der Waals surface area contributed by atoms with Crippen LogP contribution in [0.2, 0.25) is 0 Å². The van der Waals surface area contributed by atoms with E-state index >= 15 is 0 Å². The van der Waals surface area contributed by atoms with Gasteiger partial charge < -0.3 is 15.6 Å². The van der Waals surface area contributed by atoms with Crippen LogP contribution in [-0.2, 0) is 0 Å². The monoisotopic (exact) mass is 253 g/mol. The molecule has 1 aliphatic rings. The van der Waals surface area contributed by atoms with Gasteiger partial charge in [-0.1, -0.05) is 18.2 Å². The molecule has 3 rings (SSSR count). The Morgan fingerprint density at radius 3 is 2.74 bits per heavy atom. The summed E-state index contributed by atoms with van der Waals surface area (Å²) < 4.78 is 5.45. The number of fused-ring (bicyclic) bond motifs is 1. The summed E-state index contributed by atoms with van der Waals surface area (Å²) in [5, 5.41) is 9.37. The van der Waals surface area contributed by atoms with E-state index < -0.39 is 0 Å². The zero-order valence-corrected chi connectivity index (χ0v) is 9.96. The second-order valence-corrected chi connectivity index (χ2v) is 4.25. The normalized spacial score (nSPS) is 15.4. The first kappa shape index (κ1) is 11.3. The van der Waals surface area contributed by atoms with Gasteiger partial charge in [0.2, 0.25) is 5.78 Å². The number of carbonyl (C=O) groups is 1. The number of nitrogens with two attached hydrogens (primary N) is 1. The van der Waals surface area contributed by atoms with Crippen LogP contribution in [0, 0.1) is 0 Å². The summed E-state index contributed by atoms with van der Waals surface area (Å²) in [4.78, 5) is 12.1. The van der Waals surface area contributed by atoms with Crippen LogP contribution in [0.25, 0.3) is 6.08 Å². The molecule has 3 N–H and O–H groups in total. The van der Waals surface area contributed by atoms with E-state index in [4.69, 9.17) is 10.5 Å². The minimum atomic E-state index is -0.210. The van der Waals surface area contributed by atoms with Crippen molar-refractivity contribution < 1.29 is 14.6 Å². The first-order chi connectivity index (χ1) is 9.15. The van der Waals surface area contributed by atoms with E-state index in [2.05, 4.69) is 0 Å². The van der Waals surface area contributed by atoms with Gasteiger partial charge in [-0.05, 0) is 24.3 Å². The highest BCUT2D eigenvalue weighted by Crippen LogP contribution is 2.34. The summed E-state index contributed by atoms with van der Waals surface area (Å²) in [5.41, 5.74) is 7.56. The Morgan fingerprint density at radius 2 is 1.95 bits per heavy atom. The molecule has 1 aliphatic heterocycles. The van der Waals surface area contributed by atoms with E-state index in [0.717, 1.165) is 5.56 Å². The van der Waals surface area contributed by atoms with Crippen molar-refractivity contribution in [2.24, 2.45) is 0 Å². The average molecular weight is 253 g/mol. The molecule has 0 unspecified atom stereocenters. The van der Waals surface area contributed by atoms with Crippen molar-refractivity contribution in [3.63, 3.8) is 0 Å². The molecule has 0 aliphatic carbocycles. The van der Waals surface area contributed by atoms with Crippen LogP contribution in [0.1, 0.15) is 15.9 Å². The molecule has 0 fully saturated rings. The number of hydrogen-bond acceptors (Lipinski definition) is 4. The highest BCUT2D eigenvalue weighted by atomic mass is 16.5. The molecule has 0 spiro atoms. The van der Waals surface area contributed by atoms with Crippen molar-refractivity contribution in [3.8, 4) is 11.5 Å². The molecule has 2 aromatic carbocycles. The maximum atomic E-state index is 12.1. The first-order valence-electron chi connectivity index (χ1n) is 5.77. The Labute approximate surface area is 109 Å². The highest BCUT2D eigenvalue weighted by molar-refractivity contribution is 6.14. The lowest BCUT2D eigenvalue weighted by molar-refractivity contribution is 0.101. The summed E-state index contributed by atoms with van der Waals surface area (Å²) in [6.07, 6.45) is 1.61. The third-order valence-electron chi connectivity index (χ3n) is 2.94. The molecule has 0 atom stereocenters. The van der Waals surface area contributed by atoms with Gasteiger partial charge in [0.1, 0.15) is 11.5 Å². The lowest BCUT2D eigenvalue weighted by atomic mass is 10.1. The van der Waals surface area contributed by atoms with E-state index in [1.807, 2.05) is 12.1 Å². The Kier molecular flexibility index (Phi) is 2.49. The smallest absolute Gasteiger partial charge is 0.231 e. The maximum absolute atomic E-state index is 12.1. The number of ether oxygens (including phenoxy) is 1. The molecule has 0 radical (unpaired) electrons. The van der Waals surface area contributed by atoms with Crippen LogP contribution in [-0.4, -0.2) is 10.9 Å². The van der Waals surface area contributed by atoms with Crippen molar-refractivity contribution in [1.29, 1.82) is 0 Å². The number of benzene rings is 2. The number of allylic oxidation sites excluding steroid dienone is 1. The molecule has 4 nitrogen and oxygen atoms in total. The van der Waals surface area contributed by atoms with Crippen LogP contribution in [0.3, 0.4) is 0 Å². The van der Waals surface area contributed by atoms with Crippen LogP contribution in [0.5, 0.6) is 11.5 Å². The maximum Gasteiger partial charge on any atom is 0.231 e. The molecule has 0 bridgehead atoms. The lowest BCUT2D eigenvalue weighted by Gasteiger charge is -2.01. The largest absolute Gasteiger partial charge is 0.508 e. The number of rotatable bonds is 1. The third-order valence-corrected chi connectivity index (χ3v) is 2.94. The molecule has 94 valence electrons. The molecule has 4 heteroatoms. The number of para-hydroxylation sites is 1. The predicted octanol–water partition coefficient (Wildman–Crippen LogP) is 2.59. The number of carbonyl (C=O) groups excluding carboxylic acids is 1. The molecule has 0 saturated heterocycles. The Morgan fingerprint density at radius 1 is 1.16 bits per heavy atom. The fourth-order valence-corrected chi connectivity index (χ4v) is 1.96. The number of phenolic OH excluding ortho intramolecular Hbond substituents is 1. The van der Waals surface area contributed by atoms with E-state index in [9.17, 15) is 9.90 Å². The first-order valence-corrected chi connectivity index (χ1v) is 5.77. The Bertz CT molecular complexity index is 704. The molecule has 1 heterocycles. The van der Waals surface area contributed by atoms with Gasteiger partial charge in [0.25, 0.3) is 0 Å². The van der Waals surface area contributed by atoms with Crippen molar-refractivity contribution in [3.05, 3.63) is 59.4 Å². The van der Waals surface area contributed by atoms with Gasteiger partial charge >= 0.3 is 0 Å². The van der Waals surface area contributed by atoms with Crippen molar-refractivity contribution in [2.45, 2.75) is 0 Å². The van der Waals surface area contributed by atoms with E-state index in [0.29, 0.717) is 17.0 Å². The van der Waals surface area contributed by atoms with Gasteiger partial charge in [0.05, 0.1) is 5.56 Å². The quantitative estimate of drug-likeness (QED) is 0.605. The Hall–Kier alpha value is -2.75. The number of hydrogen-bond donors (Lipinski definition) is 2. The number of anilines is 1. The summed E-state index contributed by atoms with van der Waals surface area (Å²) >= 11 is 0. The second-order valence-electron chi connectivity index (χ2n) is 4.25. The molecule has 2 aromatic rings. The van der Waals surface area contributed by atoms with Crippen molar-refractivity contribution >= 4 is 17.5 Å². The zero-order valence-electron chi connectivity index (χ0n) is 9.96. The minimum absolute atomic E-state index is 0.0621. The molecular weight excluding hydrogens is 242 g/mol. The Balaban J connectivity index is 2.02. The SMILES string of the molecule is Nc1ccccc1C=C1Oc2cc(O)ccc2C1=O. The predicted molar refractivity (Wildman–Crippen MR) is 71.9 cm³/mol. The fraction of sp³-hybridized carbons (Fsp3) is 0. The van der Waals surface area contributed by atoms with Crippen LogP contribution >= 0.6 is 0 Å². The average Bonchev–Trinajstić information content (AvgIpc) is 2.68. The van der Waals surface area contributed by atoms with E-state index in [1.54, 1.807) is 24.3 Å². The van der Waals surface area contributed by atoms with Crippen LogP contribution in [0.4, 0.5) is 5.69 Å². The molecule has 19 heavy (non-hydrogen) atoms. The van der Waals surface area contributed by atoms with E-state index in [1.165, 1.54) is 12.1 Å². The summed E-state index contributed by atoms with van der Waals surface area (Å²) in [7, 11) is 0. The second kappa shape index (κ2) is 4.17. The third kappa shape index (κ3) is 1.93. The van der Waals surface area contributed by atoms with Gasteiger partial charge in [-0.2, -0.15) is 0 Å². The minimum Gasteiger partial charge on any atom is -0.508 e. The van der Waals surface area contributed by atoms with Crippen molar-refractivity contribution in [2.75, 3.05) is 5.73 Å². The number of phenols is 1. The number of aromatic hydroxyl groups is 1.